The number of nitrogens with zero attached hydrogens (tertiary/aromatic N) is 1. The third kappa shape index (κ3) is 1.50. The molecule has 1 atom stereocenters. The van der Waals surface area contributed by atoms with Gasteiger partial charge in [-0.05, 0) is 24.6 Å². The van der Waals surface area contributed by atoms with Crippen LogP contribution in [0.2, 0.25) is 0 Å². The first-order chi connectivity index (χ1) is 7.78. The molecule has 16 heavy (non-hydrogen) atoms. The number of imidazole rings is 1. The predicted molar refractivity (Wildman–Crippen MR) is 64.3 cm³/mol. The van der Waals surface area contributed by atoms with Crippen LogP contribution >= 0.6 is 0 Å². The van der Waals surface area contributed by atoms with Gasteiger partial charge in [-0.2, -0.15) is 0 Å². The summed E-state index contributed by atoms with van der Waals surface area (Å²) in [6.07, 6.45) is 1.74. The van der Waals surface area contributed by atoms with Crippen LogP contribution in [0, 0.1) is 0 Å². The van der Waals surface area contributed by atoms with Crippen molar-refractivity contribution in [2.75, 3.05) is 19.6 Å². The highest BCUT2D eigenvalue weighted by Gasteiger charge is 2.28. The lowest BCUT2D eigenvalue weighted by Gasteiger charge is -2.36. The monoisotopic (exact) mass is 216 g/mol. The molecule has 0 radical (unpaired) electrons. The van der Waals surface area contributed by atoms with Crippen molar-refractivity contribution in [3.8, 4) is 0 Å². The Morgan fingerprint density at radius 1 is 1.31 bits per heavy atom. The molecule has 2 heterocycles. The zero-order chi connectivity index (χ0) is 11.0. The highest BCUT2D eigenvalue weighted by molar-refractivity contribution is 5.75. The first-order valence-electron chi connectivity index (χ1n) is 5.67. The maximum Gasteiger partial charge on any atom is 0.0931 e. The first kappa shape index (κ1) is 9.81. The summed E-state index contributed by atoms with van der Waals surface area (Å²) in [5.41, 5.74) is 3.45. The van der Waals surface area contributed by atoms with Crippen molar-refractivity contribution in [1.29, 1.82) is 0 Å². The maximum absolute atomic E-state index is 4.24. The molecule has 0 saturated carbocycles. The number of rotatable bonds is 1. The fraction of sp³-hybridized carbons (Fsp3) is 0.417. The Labute approximate surface area is 94.5 Å². The number of hydrogen-bond donors (Lipinski definition) is 3. The molecule has 2 aromatic rings. The van der Waals surface area contributed by atoms with Crippen LogP contribution in [0.25, 0.3) is 11.0 Å². The van der Waals surface area contributed by atoms with Crippen molar-refractivity contribution in [2.45, 2.75) is 12.5 Å². The van der Waals surface area contributed by atoms with Crippen LogP contribution in [0.15, 0.2) is 24.5 Å². The molecule has 84 valence electrons. The minimum Gasteiger partial charge on any atom is -0.345 e. The molecule has 4 heteroatoms. The second-order valence-electron chi connectivity index (χ2n) is 4.57. The van der Waals surface area contributed by atoms with Crippen LogP contribution in [0.5, 0.6) is 0 Å². The Morgan fingerprint density at radius 3 is 3.06 bits per heavy atom. The van der Waals surface area contributed by atoms with E-state index < -0.39 is 0 Å². The van der Waals surface area contributed by atoms with Crippen LogP contribution < -0.4 is 10.6 Å². The number of aromatic amines is 1. The standard InChI is InChI=1S/C12H16N4/c1-12(7-13-4-5-16-12)9-2-3-10-11(6-9)15-8-14-10/h2-3,6,8,13,16H,4-5,7H2,1H3,(H,14,15). The molecule has 3 rings (SSSR count). The summed E-state index contributed by atoms with van der Waals surface area (Å²) in [5.74, 6) is 0. The van der Waals surface area contributed by atoms with Crippen molar-refractivity contribution in [1.82, 2.24) is 20.6 Å². The SMILES string of the molecule is CC1(c2ccc3nc[nH]c3c2)CNCCN1. The molecule has 0 bridgehead atoms. The van der Waals surface area contributed by atoms with Gasteiger partial charge in [0.15, 0.2) is 0 Å². The number of piperazine rings is 1. The summed E-state index contributed by atoms with van der Waals surface area (Å²) in [6.45, 7) is 5.25. The van der Waals surface area contributed by atoms with Gasteiger partial charge in [0, 0.05) is 19.6 Å². The number of hydrogen-bond acceptors (Lipinski definition) is 3. The summed E-state index contributed by atoms with van der Waals surface area (Å²) in [6, 6.07) is 6.41. The fourth-order valence-corrected chi connectivity index (χ4v) is 2.31. The van der Waals surface area contributed by atoms with Gasteiger partial charge in [0.2, 0.25) is 0 Å². The minimum absolute atomic E-state index is 0.0253. The molecule has 0 aliphatic carbocycles. The lowest BCUT2D eigenvalue weighted by Crippen LogP contribution is -2.54. The summed E-state index contributed by atoms with van der Waals surface area (Å²) in [5, 5.41) is 7.00. The molecule has 1 aromatic heterocycles. The van der Waals surface area contributed by atoms with Crippen LogP contribution in [0.4, 0.5) is 0 Å². The van der Waals surface area contributed by atoms with Crippen molar-refractivity contribution in [2.24, 2.45) is 0 Å². The smallest absolute Gasteiger partial charge is 0.0931 e. The molecule has 0 spiro atoms. The molecule has 1 aliphatic rings. The Balaban J connectivity index is 2.03. The van der Waals surface area contributed by atoms with E-state index in [0.717, 1.165) is 30.7 Å². The number of aromatic nitrogens is 2. The van der Waals surface area contributed by atoms with Crippen molar-refractivity contribution in [3.05, 3.63) is 30.1 Å². The molecule has 1 aliphatic heterocycles. The zero-order valence-electron chi connectivity index (χ0n) is 9.38. The van der Waals surface area contributed by atoms with E-state index in [1.165, 1.54) is 5.56 Å². The highest BCUT2D eigenvalue weighted by Crippen LogP contribution is 2.24. The molecule has 3 N–H and O–H groups in total. The topological polar surface area (TPSA) is 52.7 Å². The third-order valence-corrected chi connectivity index (χ3v) is 3.35. The number of fused-ring (bicyclic) bond motifs is 1. The lowest BCUT2D eigenvalue weighted by atomic mass is 9.90. The Morgan fingerprint density at radius 2 is 2.25 bits per heavy atom. The molecule has 1 saturated heterocycles. The summed E-state index contributed by atoms with van der Waals surface area (Å²) in [4.78, 5) is 7.39. The molecule has 1 unspecified atom stereocenters. The Hall–Kier alpha value is -1.39. The van der Waals surface area contributed by atoms with Gasteiger partial charge in [-0.3, -0.25) is 0 Å². The maximum atomic E-state index is 4.24. The summed E-state index contributed by atoms with van der Waals surface area (Å²) < 4.78 is 0. The minimum atomic E-state index is 0.0253. The number of benzene rings is 1. The molecule has 1 aromatic carbocycles. The fourth-order valence-electron chi connectivity index (χ4n) is 2.31. The van der Waals surface area contributed by atoms with Crippen molar-refractivity contribution >= 4 is 11.0 Å². The van der Waals surface area contributed by atoms with Crippen LogP contribution in [-0.2, 0) is 5.54 Å². The average Bonchev–Trinajstić information content (AvgIpc) is 2.77. The van der Waals surface area contributed by atoms with E-state index in [-0.39, 0.29) is 5.54 Å². The Kier molecular flexibility index (Phi) is 2.19. The van der Waals surface area contributed by atoms with Crippen LogP contribution in [0.1, 0.15) is 12.5 Å². The van der Waals surface area contributed by atoms with Crippen LogP contribution in [-0.4, -0.2) is 29.6 Å². The quantitative estimate of drug-likeness (QED) is 0.666. The van der Waals surface area contributed by atoms with Gasteiger partial charge in [-0.15, -0.1) is 0 Å². The van der Waals surface area contributed by atoms with Gasteiger partial charge in [0.05, 0.1) is 22.9 Å². The van der Waals surface area contributed by atoms with E-state index in [0.29, 0.717) is 0 Å². The van der Waals surface area contributed by atoms with Gasteiger partial charge in [-0.1, -0.05) is 6.07 Å². The van der Waals surface area contributed by atoms with E-state index in [1.807, 2.05) is 0 Å². The van der Waals surface area contributed by atoms with Gasteiger partial charge in [0.1, 0.15) is 0 Å². The summed E-state index contributed by atoms with van der Waals surface area (Å²) >= 11 is 0. The van der Waals surface area contributed by atoms with Gasteiger partial charge in [0.25, 0.3) is 0 Å². The van der Waals surface area contributed by atoms with Gasteiger partial charge >= 0.3 is 0 Å². The zero-order valence-corrected chi connectivity index (χ0v) is 9.38. The molecular weight excluding hydrogens is 200 g/mol. The van der Waals surface area contributed by atoms with Gasteiger partial charge < -0.3 is 15.6 Å². The third-order valence-electron chi connectivity index (χ3n) is 3.35. The van der Waals surface area contributed by atoms with Gasteiger partial charge in [-0.25, -0.2) is 4.98 Å². The number of nitrogens with one attached hydrogen (secondary N) is 3. The van der Waals surface area contributed by atoms with Crippen molar-refractivity contribution in [3.63, 3.8) is 0 Å². The van der Waals surface area contributed by atoms with E-state index in [2.05, 4.69) is 45.7 Å². The summed E-state index contributed by atoms with van der Waals surface area (Å²) in [7, 11) is 0. The molecular formula is C12H16N4. The Bertz CT molecular complexity index is 496. The predicted octanol–water partition coefficient (Wildman–Crippen LogP) is 0.971. The average molecular weight is 216 g/mol. The number of H-pyrrole nitrogens is 1. The van der Waals surface area contributed by atoms with E-state index in [9.17, 15) is 0 Å². The van der Waals surface area contributed by atoms with Crippen molar-refractivity contribution < 1.29 is 0 Å². The second kappa shape index (κ2) is 3.57. The largest absolute Gasteiger partial charge is 0.345 e. The highest BCUT2D eigenvalue weighted by atomic mass is 15.1. The van der Waals surface area contributed by atoms with E-state index >= 15 is 0 Å². The second-order valence-corrected chi connectivity index (χ2v) is 4.57. The lowest BCUT2D eigenvalue weighted by molar-refractivity contribution is 0.303. The molecule has 4 nitrogen and oxygen atoms in total. The first-order valence-corrected chi connectivity index (χ1v) is 5.67. The van der Waals surface area contributed by atoms with Crippen LogP contribution in [0.3, 0.4) is 0 Å². The van der Waals surface area contributed by atoms with E-state index in [1.54, 1.807) is 6.33 Å². The van der Waals surface area contributed by atoms with E-state index in [4.69, 9.17) is 0 Å². The molecule has 1 fully saturated rings. The molecule has 0 amide bonds. The normalized spacial score (nSPS) is 26.1.